The summed E-state index contributed by atoms with van der Waals surface area (Å²) >= 11 is 5.65. The normalized spacial score (nSPS) is 11.4. The number of nitrogens with zero attached hydrogens (tertiary/aromatic N) is 1. The van der Waals surface area contributed by atoms with E-state index in [4.69, 9.17) is 11.6 Å². The van der Waals surface area contributed by atoms with Crippen LogP contribution in [0.4, 0.5) is 5.82 Å². The maximum Gasteiger partial charge on any atom is 0.271 e. The maximum atomic E-state index is 11.1. The molecule has 1 aromatic rings. The molecule has 0 radical (unpaired) electrons. The lowest BCUT2D eigenvalue weighted by Crippen LogP contribution is -2.28. The molecule has 7 nitrogen and oxygen atoms in total. The van der Waals surface area contributed by atoms with E-state index in [1.807, 2.05) is 0 Å². The SMILES string of the molecule is CS(=O)(=O)NCCNc1nc[nH]c(=O)c1Cl. The van der Waals surface area contributed by atoms with E-state index in [9.17, 15) is 13.2 Å². The second-order valence-electron chi connectivity index (χ2n) is 2.99. The van der Waals surface area contributed by atoms with Gasteiger partial charge in [0, 0.05) is 13.1 Å². The minimum absolute atomic E-state index is 0.0538. The molecule has 0 aliphatic rings. The van der Waals surface area contributed by atoms with Gasteiger partial charge in [0.2, 0.25) is 10.0 Å². The van der Waals surface area contributed by atoms with Crippen LogP contribution in [-0.4, -0.2) is 37.7 Å². The van der Waals surface area contributed by atoms with Gasteiger partial charge in [-0.15, -0.1) is 0 Å². The molecule has 9 heteroatoms. The maximum absolute atomic E-state index is 11.1. The summed E-state index contributed by atoms with van der Waals surface area (Å²) in [6.07, 6.45) is 2.27. The van der Waals surface area contributed by atoms with Gasteiger partial charge < -0.3 is 10.3 Å². The molecule has 3 N–H and O–H groups in total. The van der Waals surface area contributed by atoms with Gasteiger partial charge in [-0.1, -0.05) is 11.6 Å². The van der Waals surface area contributed by atoms with Crippen LogP contribution in [-0.2, 0) is 10.0 Å². The van der Waals surface area contributed by atoms with Gasteiger partial charge in [-0.2, -0.15) is 0 Å². The second-order valence-corrected chi connectivity index (χ2v) is 5.20. The van der Waals surface area contributed by atoms with E-state index in [1.54, 1.807) is 0 Å². The molecule has 0 saturated carbocycles. The van der Waals surface area contributed by atoms with E-state index < -0.39 is 15.6 Å². The summed E-state index contributed by atoms with van der Waals surface area (Å²) in [5, 5.41) is 2.68. The zero-order valence-electron chi connectivity index (χ0n) is 8.45. The van der Waals surface area contributed by atoms with Gasteiger partial charge in [0.05, 0.1) is 12.6 Å². The summed E-state index contributed by atoms with van der Waals surface area (Å²) in [4.78, 5) is 17.2. The van der Waals surface area contributed by atoms with Crippen LogP contribution in [0.15, 0.2) is 11.1 Å². The first-order valence-corrected chi connectivity index (χ1v) is 6.59. The fraction of sp³-hybridized carbons (Fsp3) is 0.429. The highest BCUT2D eigenvalue weighted by molar-refractivity contribution is 7.88. The molecular weight excluding hydrogens is 256 g/mol. The lowest BCUT2D eigenvalue weighted by molar-refractivity contribution is 0.589. The zero-order chi connectivity index (χ0) is 12.2. The Labute approximate surface area is 97.3 Å². The van der Waals surface area contributed by atoms with Gasteiger partial charge in [0.15, 0.2) is 5.82 Å². The number of hydrogen-bond donors (Lipinski definition) is 3. The number of anilines is 1. The van der Waals surface area contributed by atoms with Crippen molar-refractivity contribution in [2.45, 2.75) is 0 Å². The fourth-order valence-electron chi connectivity index (χ4n) is 0.924. The Morgan fingerprint density at radius 1 is 1.50 bits per heavy atom. The number of aromatic amines is 1. The Kier molecular flexibility index (Phi) is 4.27. The van der Waals surface area contributed by atoms with E-state index in [-0.39, 0.29) is 23.9 Å². The Hall–Kier alpha value is -1.12. The van der Waals surface area contributed by atoms with Crippen LogP contribution >= 0.6 is 11.6 Å². The summed E-state index contributed by atoms with van der Waals surface area (Å²) in [7, 11) is -3.21. The highest BCUT2D eigenvalue weighted by Gasteiger charge is 2.05. The molecule has 0 aliphatic heterocycles. The second kappa shape index (κ2) is 5.28. The lowest BCUT2D eigenvalue weighted by atomic mass is 10.5. The Morgan fingerprint density at radius 3 is 2.81 bits per heavy atom. The highest BCUT2D eigenvalue weighted by Crippen LogP contribution is 2.10. The molecule has 1 aromatic heterocycles. The Morgan fingerprint density at radius 2 is 2.19 bits per heavy atom. The predicted molar refractivity (Wildman–Crippen MR) is 61.2 cm³/mol. The molecule has 0 bridgehead atoms. The number of sulfonamides is 1. The van der Waals surface area contributed by atoms with Crippen molar-refractivity contribution in [1.29, 1.82) is 0 Å². The molecule has 0 fully saturated rings. The number of rotatable bonds is 5. The van der Waals surface area contributed by atoms with Crippen molar-refractivity contribution >= 4 is 27.4 Å². The van der Waals surface area contributed by atoms with E-state index in [0.717, 1.165) is 6.26 Å². The average molecular weight is 267 g/mol. The Bertz CT molecular complexity index is 513. The smallest absolute Gasteiger partial charge is 0.271 e. The molecule has 1 rings (SSSR count). The van der Waals surface area contributed by atoms with Gasteiger partial charge in [-0.05, 0) is 0 Å². The van der Waals surface area contributed by atoms with E-state index >= 15 is 0 Å². The molecule has 90 valence electrons. The summed E-state index contributed by atoms with van der Waals surface area (Å²) in [5.41, 5.74) is -0.449. The Balaban J connectivity index is 2.50. The van der Waals surface area contributed by atoms with Gasteiger partial charge in [0.25, 0.3) is 5.56 Å². The van der Waals surface area contributed by atoms with Crippen LogP contribution in [0.25, 0.3) is 0 Å². The first kappa shape index (κ1) is 12.9. The standard InChI is InChI=1S/C7H11ClN4O3S/c1-16(14,15)12-3-2-9-6-5(8)7(13)11-4-10-6/h4,12H,2-3H2,1H3,(H2,9,10,11,13). The number of halogens is 1. The van der Waals surface area contributed by atoms with Gasteiger partial charge in [0.1, 0.15) is 5.02 Å². The van der Waals surface area contributed by atoms with Crippen LogP contribution in [0.1, 0.15) is 0 Å². The summed E-state index contributed by atoms with van der Waals surface area (Å²) in [5.74, 6) is 0.223. The fourth-order valence-corrected chi connectivity index (χ4v) is 1.57. The molecule has 0 spiro atoms. The molecule has 0 unspecified atom stereocenters. The third kappa shape index (κ3) is 4.17. The molecule has 0 saturated heterocycles. The topological polar surface area (TPSA) is 104 Å². The predicted octanol–water partition coefficient (Wildman–Crippen LogP) is -0.616. The summed E-state index contributed by atoms with van der Waals surface area (Å²) in [6, 6.07) is 0. The quantitative estimate of drug-likeness (QED) is 0.617. The lowest BCUT2D eigenvalue weighted by Gasteiger charge is -2.06. The molecule has 0 amide bonds. The van der Waals surface area contributed by atoms with Crippen LogP contribution in [0.2, 0.25) is 5.02 Å². The molecule has 0 aliphatic carbocycles. The van der Waals surface area contributed by atoms with E-state index in [2.05, 4.69) is 20.0 Å². The summed E-state index contributed by atoms with van der Waals surface area (Å²) in [6.45, 7) is 0.465. The van der Waals surface area contributed by atoms with Crippen molar-refractivity contribution in [2.75, 3.05) is 24.7 Å². The van der Waals surface area contributed by atoms with Crippen molar-refractivity contribution in [3.05, 3.63) is 21.7 Å². The van der Waals surface area contributed by atoms with E-state index in [0.29, 0.717) is 0 Å². The van der Waals surface area contributed by atoms with Crippen molar-refractivity contribution in [3.8, 4) is 0 Å². The number of aromatic nitrogens is 2. The first-order chi connectivity index (χ1) is 7.40. The van der Waals surface area contributed by atoms with E-state index in [1.165, 1.54) is 6.33 Å². The third-order valence-corrected chi connectivity index (χ3v) is 2.66. The van der Waals surface area contributed by atoms with Gasteiger partial charge in [-0.3, -0.25) is 4.79 Å². The van der Waals surface area contributed by atoms with Gasteiger partial charge in [-0.25, -0.2) is 18.1 Å². The van der Waals surface area contributed by atoms with Crippen LogP contribution in [0.5, 0.6) is 0 Å². The van der Waals surface area contributed by atoms with Crippen LogP contribution in [0.3, 0.4) is 0 Å². The monoisotopic (exact) mass is 266 g/mol. The van der Waals surface area contributed by atoms with Crippen LogP contribution < -0.4 is 15.6 Å². The third-order valence-electron chi connectivity index (χ3n) is 1.58. The minimum Gasteiger partial charge on any atom is -0.367 e. The minimum atomic E-state index is -3.21. The van der Waals surface area contributed by atoms with Crippen LogP contribution in [0, 0.1) is 0 Å². The summed E-state index contributed by atoms with van der Waals surface area (Å²) < 4.78 is 23.7. The number of hydrogen-bond acceptors (Lipinski definition) is 5. The largest absolute Gasteiger partial charge is 0.367 e. The molecule has 1 heterocycles. The number of nitrogens with one attached hydrogen (secondary N) is 3. The van der Waals surface area contributed by atoms with Crippen molar-refractivity contribution in [2.24, 2.45) is 0 Å². The van der Waals surface area contributed by atoms with Crippen molar-refractivity contribution in [3.63, 3.8) is 0 Å². The highest BCUT2D eigenvalue weighted by atomic mass is 35.5. The average Bonchev–Trinajstić information content (AvgIpc) is 2.17. The zero-order valence-corrected chi connectivity index (χ0v) is 10.0. The number of H-pyrrole nitrogens is 1. The molecule has 0 atom stereocenters. The van der Waals surface area contributed by atoms with Crippen molar-refractivity contribution in [1.82, 2.24) is 14.7 Å². The van der Waals surface area contributed by atoms with Crippen molar-refractivity contribution < 1.29 is 8.42 Å². The molecule has 0 aromatic carbocycles. The van der Waals surface area contributed by atoms with Gasteiger partial charge >= 0.3 is 0 Å². The molecule has 16 heavy (non-hydrogen) atoms. The first-order valence-electron chi connectivity index (χ1n) is 4.32. The molecular formula is C7H11ClN4O3S.